The predicted octanol–water partition coefficient (Wildman–Crippen LogP) is 1.35. The first-order chi connectivity index (χ1) is 10.1. The van der Waals surface area contributed by atoms with Crippen molar-refractivity contribution in [3.05, 3.63) is 41.1 Å². The van der Waals surface area contributed by atoms with Gasteiger partial charge in [-0.25, -0.2) is 0 Å². The highest BCUT2D eigenvalue weighted by Gasteiger charge is 2.33. The summed E-state index contributed by atoms with van der Waals surface area (Å²) in [6.45, 7) is 1.77. The van der Waals surface area contributed by atoms with Crippen LogP contribution in [0.4, 0.5) is 5.69 Å². The average Bonchev–Trinajstić information content (AvgIpc) is 2.88. The number of hydrogen-bond acceptors (Lipinski definition) is 4. The van der Waals surface area contributed by atoms with E-state index in [2.05, 4.69) is 10.2 Å². The zero-order valence-electron chi connectivity index (χ0n) is 11.7. The largest absolute Gasteiger partial charge is 0.392 e. The number of rotatable bonds is 3. The Morgan fingerprint density at radius 3 is 2.90 bits per heavy atom. The van der Waals surface area contributed by atoms with Crippen molar-refractivity contribution in [2.75, 3.05) is 10.8 Å². The van der Waals surface area contributed by atoms with Crippen LogP contribution in [0.2, 0.25) is 0 Å². The molecule has 2 N–H and O–H groups in total. The summed E-state index contributed by atoms with van der Waals surface area (Å²) in [5, 5.41) is 15.9. The topological polar surface area (TPSA) is 86.3 Å². The molecule has 0 bridgehead atoms. The molecule has 0 saturated carbocycles. The van der Waals surface area contributed by atoms with Gasteiger partial charge in [-0.05, 0) is 31.4 Å². The Bertz CT molecular complexity index is 768. The Hall–Kier alpha value is -1.86. The minimum Gasteiger partial charge on any atom is -0.392 e. The molecule has 112 valence electrons. The third-order valence-corrected chi connectivity index (χ3v) is 5.58. The van der Waals surface area contributed by atoms with E-state index < -0.39 is 10.0 Å². The van der Waals surface area contributed by atoms with E-state index in [0.29, 0.717) is 23.5 Å². The molecule has 6 nitrogen and oxygen atoms in total. The van der Waals surface area contributed by atoms with Crippen molar-refractivity contribution in [2.45, 2.75) is 31.4 Å². The third-order valence-electron chi connectivity index (χ3n) is 3.80. The number of para-hydroxylation sites is 1. The Morgan fingerprint density at radius 2 is 2.14 bits per heavy atom. The SMILES string of the molecule is Cc1[nH]nc(S(=O)(=O)N2CCCc3ccccc32)c1CO. The highest BCUT2D eigenvalue weighted by atomic mass is 32.2. The number of nitrogens with one attached hydrogen (secondary N) is 1. The second kappa shape index (κ2) is 5.16. The van der Waals surface area contributed by atoms with Crippen molar-refractivity contribution in [2.24, 2.45) is 0 Å². The standard InChI is InChI=1S/C14H17N3O3S/c1-10-12(9-18)14(16-15-10)21(19,20)17-8-4-6-11-5-2-3-7-13(11)17/h2-3,5,7,18H,4,6,8-9H2,1H3,(H,15,16). The number of H-pyrrole nitrogens is 1. The maximum Gasteiger partial charge on any atom is 0.284 e. The molecule has 0 unspecified atom stereocenters. The summed E-state index contributed by atoms with van der Waals surface area (Å²) in [5.74, 6) is 0. The molecule has 0 aliphatic carbocycles. The molecule has 1 aromatic carbocycles. The van der Waals surface area contributed by atoms with Crippen LogP contribution >= 0.6 is 0 Å². The predicted molar refractivity (Wildman–Crippen MR) is 78.5 cm³/mol. The van der Waals surface area contributed by atoms with Crippen molar-refractivity contribution in [1.82, 2.24) is 10.2 Å². The lowest BCUT2D eigenvalue weighted by Crippen LogP contribution is -2.36. The van der Waals surface area contributed by atoms with Crippen molar-refractivity contribution in [3.63, 3.8) is 0 Å². The Morgan fingerprint density at radius 1 is 1.38 bits per heavy atom. The minimum atomic E-state index is -3.77. The molecule has 1 aromatic heterocycles. The van der Waals surface area contributed by atoms with Crippen LogP contribution in [0.25, 0.3) is 0 Å². The van der Waals surface area contributed by atoms with E-state index in [1.54, 1.807) is 6.92 Å². The van der Waals surface area contributed by atoms with Gasteiger partial charge in [-0.2, -0.15) is 13.5 Å². The van der Waals surface area contributed by atoms with E-state index in [1.807, 2.05) is 24.3 Å². The van der Waals surface area contributed by atoms with Gasteiger partial charge in [0.15, 0.2) is 0 Å². The van der Waals surface area contributed by atoms with Crippen molar-refractivity contribution >= 4 is 15.7 Å². The van der Waals surface area contributed by atoms with Crippen LogP contribution in [-0.2, 0) is 23.1 Å². The van der Waals surface area contributed by atoms with Gasteiger partial charge in [0, 0.05) is 17.8 Å². The summed E-state index contributed by atoms with van der Waals surface area (Å²) in [6.07, 6.45) is 1.64. The lowest BCUT2D eigenvalue weighted by atomic mass is 10.0. The van der Waals surface area contributed by atoms with E-state index in [-0.39, 0.29) is 11.6 Å². The molecule has 0 fully saturated rings. The number of benzene rings is 1. The number of nitrogens with zero attached hydrogens (tertiary/aromatic N) is 2. The first-order valence-electron chi connectivity index (χ1n) is 6.81. The fourth-order valence-electron chi connectivity index (χ4n) is 2.68. The zero-order valence-corrected chi connectivity index (χ0v) is 12.5. The number of hydrogen-bond donors (Lipinski definition) is 2. The van der Waals surface area contributed by atoms with Crippen molar-refractivity contribution in [1.29, 1.82) is 0 Å². The summed E-state index contributed by atoms with van der Waals surface area (Å²) < 4.78 is 27.1. The van der Waals surface area contributed by atoms with Gasteiger partial charge < -0.3 is 5.11 Å². The fraction of sp³-hybridized carbons (Fsp3) is 0.357. The van der Waals surface area contributed by atoms with Crippen LogP contribution in [0, 0.1) is 6.92 Å². The van der Waals surface area contributed by atoms with Crippen LogP contribution in [0.3, 0.4) is 0 Å². The van der Waals surface area contributed by atoms with Gasteiger partial charge in [0.1, 0.15) is 0 Å². The fourth-order valence-corrected chi connectivity index (χ4v) is 4.39. The first-order valence-corrected chi connectivity index (χ1v) is 8.25. The molecule has 1 aliphatic rings. The molecule has 1 aliphatic heterocycles. The Kier molecular flexibility index (Phi) is 3.46. The van der Waals surface area contributed by atoms with Crippen LogP contribution in [0.5, 0.6) is 0 Å². The number of aryl methyl sites for hydroxylation is 2. The maximum atomic E-state index is 12.9. The second-order valence-corrected chi connectivity index (χ2v) is 6.88. The molecule has 7 heteroatoms. The Labute approximate surface area is 123 Å². The number of anilines is 1. The highest BCUT2D eigenvalue weighted by molar-refractivity contribution is 7.92. The Balaban J connectivity index is 2.12. The highest BCUT2D eigenvalue weighted by Crippen LogP contribution is 2.32. The summed E-state index contributed by atoms with van der Waals surface area (Å²) in [7, 11) is -3.77. The lowest BCUT2D eigenvalue weighted by molar-refractivity contribution is 0.277. The maximum absolute atomic E-state index is 12.9. The molecule has 3 rings (SSSR count). The van der Waals surface area contributed by atoms with Crippen molar-refractivity contribution in [3.8, 4) is 0 Å². The number of aliphatic hydroxyl groups is 1. The molecule has 0 amide bonds. The molecule has 2 heterocycles. The van der Waals surface area contributed by atoms with E-state index in [0.717, 1.165) is 18.4 Å². The van der Waals surface area contributed by atoms with Gasteiger partial charge >= 0.3 is 0 Å². The monoisotopic (exact) mass is 307 g/mol. The average molecular weight is 307 g/mol. The normalized spacial score (nSPS) is 15.0. The molecule has 0 saturated heterocycles. The smallest absolute Gasteiger partial charge is 0.284 e. The minimum absolute atomic E-state index is 0.0841. The summed E-state index contributed by atoms with van der Waals surface area (Å²) in [4.78, 5) is 0. The molecule has 0 radical (unpaired) electrons. The van der Waals surface area contributed by atoms with E-state index in [9.17, 15) is 13.5 Å². The third kappa shape index (κ3) is 2.22. The van der Waals surface area contributed by atoms with Gasteiger partial charge in [-0.1, -0.05) is 18.2 Å². The van der Waals surface area contributed by atoms with E-state index >= 15 is 0 Å². The van der Waals surface area contributed by atoms with Crippen molar-refractivity contribution < 1.29 is 13.5 Å². The van der Waals surface area contributed by atoms with Crippen LogP contribution in [-0.4, -0.2) is 30.3 Å². The molecule has 21 heavy (non-hydrogen) atoms. The second-order valence-electron chi connectivity index (χ2n) is 5.10. The number of aromatic amines is 1. The lowest BCUT2D eigenvalue weighted by Gasteiger charge is -2.29. The molecule has 2 aromatic rings. The van der Waals surface area contributed by atoms with Crippen LogP contribution in [0.15, 0.2) is 29.3 Å². The summed E-state index contributed by atoms with van der Waals surface area (Å²) in [5.41, 5.74) is 2.62. The molecular formula is C14H17N3O3S. The molecular weight excluding hydrogens is 290 g/mol. The quantitative estimate of drug-likeness (QED) is 0.896. The van der Waals surface area contributed by atoms with Gasteiger partial charge in [0.05, 0.1) is 12.3 Å². The van der Waals surface area contributed by atoms with E-state index in [4.69, 9.17) is 0 Å². The first kappa shape index (κ1) is 14.1. The van der Waals surface area contributed by atoms with Gasteiger partial charge in [0.25, 0.3) is 10.0 Å². The van der Waals surface area contributed by atoms with Gasteiger partial charge in [0.2, 0.25) is 5.03 Å². The van der Waals surface area contributed by atoms with E-state index in [1.165, 1.54) is 4.31 Å². The summed E-state index contributed by atoms with van der Waals surface area (Å²) in [6, 6.07) is 7.49. The van der Waals surface area contributed by atoms with Crippen LogP contribution < -0.4 is 4.31 Å². The number of aromatic nitrogens is 2. The number of aliphatic hydroxyl groups excluding tert-OH is 1. The molecule has 0 atom stereocenters. The van der Waals surface area contributed by atoms with Crippen LogP contribution in [0.1, 0.15) is 23.2 Å². The molecule has 0 spiro atoms. The number of fused-ring (bicyclic) bond motifs is 1. The zero-order chi connectivity index (χ0) is 15.0. The summed E-state index contributed by atoms with van der Waals surface area (Å²) >= 11 is 0. The van der Waals surface area contributed by atoms with Gasteiger partial charge in [-0.15, -0.1) is 0 Å². The van der Waals surface area contributed by atoms with Gasteiger partial charge in [-0.3, -0.25) is 9.40 Å². The number of sulfonamides is 1.